The number of benzene rings is 1. The molecule has 1 rings (SSSR count). The van der Waals surface area contributed by atoms with Crippen LogP contribution in [0.4, 0.5) is 0 Å². The summed E-state index contributed by atoms with van der Waals surface area (Å²) >= 11 is 0. The maximum absolute atomic E-state index is 12.0. The smallest absolute Gasteiger partial charge is 0.335 e. The normalized spacial score (nSPS) is 11.2. The summed E-state index contributed by atoms with van der Waals surface area (Å²) in [5.74, 6) is -0.826. The Labute approximate surface area is 120 Å². The van der Waals surface area contributed by atoms with E-state index >= 15 is 0 Å². The van der Waals surface area contributed by atoms with Gasteiger partial charge in [-0.2, -0.15) is 0 Å². The van der Waals surface area contributed by atoms with Gasteiger partial charge in [0.15, 0.2) is 0 Å². The molecule has 0 aliphatic heterocycles. The number of carbonyl (C=O) groups excluding carboxylic acids is 1. The second-order valence-corrected chi connectivity index (χ2v) is 6.31. The van der Waals surface area contributed by atoms with Crippen LogP contribution >= 0.6 is 0 Å². The molecule has 0 spiro atoms. The Kier molecular flexibility index (Phi) is 5.31. The first-order valence-electron chi connectivity index (χ1n) is 6.75. The lowest BCUT2D eigenvalue weighted by molar-refractivity contribution is -0.131. The Bertz CT molecular complexity index is 471. The summed E-state index contributed by atoms with van der Waals surface area (Å²) in [4.78, 5) is 24.4. The highest BCUT2D eigenvalue weighted by atomic mass is 16.4. The quantitative estimate of drug-likeness (QED) is 0.899. The maximum Gasteiger partial charge on any atom is 0.335 e. The van der Waals surface area contributed by atoms with E-state index in [1.165, 1.54) is 0 Å². The van der Waals surface area contributed by atoms with Crippen LogP contribution in [0.5, 0.6) is 0 Å². The highest BCUT2D eigenvalue weighted by Crippen LogP contribution is 2.21. The fourth-order valence-electron chi connectivity index (χ4n) is 1.79. The monoisotopic (exact) mass is 277 g/mol. The van der Waals surface area contributed by atoms with E-state index < -0.39 is 5.97 Å². The van der Waals surface area contributed by atoms with Gasteiger partial charge in [-0.3, -0.25) is 4.79 Å². The first-order valence-corrected chi connectivity index (χ1v) is 6.75. The molecule has 110 valence electrons. The second-order valence-electron chi connectivity index (χ2n) is 6.31. The van der Waals surface area contributed by atoms with Gasteiger partial charge in [0.05, 0.1) is 5.56 Å². The van der Waals surface area contributed by atoms with E-state index in [9.17, 15) is 9.59 Å². The van der Waals surface area contributed by atoms with Crippen molar-refractivity contribution in [1.29, 1.82) is 0 Å². The molecular formula is C16H23NO3. The number of carbonyl (C=O) groups is 2. The van der Waals surface area contributed by atoms with Crippen LogP contribution in [0.2, 0.25) is 0 Å². The van der Waals surface area contributed by atoms with Crippen LogP contribution in [-0.4, -0.2) is 28.9 Å². The highest BCUT2D eigenvalue weighted by Gasteiger charge is 2.15. The average molecular weight is 277 g/mol. The van der Waals surface area contributed by atoms with E-state index in [-0.39, 0.29) is 16.9 Å². The first kappa shape index (κ1) is 16.2. The molecule has 4 nitrogen and oxygen atoms in total. The zero-order chi connectivity index (χ0) is 15.3. The number of rotatable bonds is 5. The van der Waals surface area contributed by atoms with Crippen molar-refractivity contribution in [3.8, 4) is 0 Å². The SMILES string of the molecule is CN(Cc1ccc(C(=O)O)cc1)C(=O)CCC(C)(C)C. The summed E-state index contributed by atoms with van der Waals surface area (Å²) in [6.45, 7) is 6.85. The third kappa shape index (κ3) is 5.43. The molecule has 0 saturated carbocycles. The molecule has 0 atom stereocenters. The summed E-state index contributed by atoms with van der Waals surface area (Å²) in [6.07, 6.45) is 1.39. The third-order valence-electron chi connectivity index (χ3n) is 3.14. The number of nitrogens with zero attached hydrogens (tertiary/aromatic N) is 1. The molecule has 0 fully saturated rings. The average Bonchev–Trinajstić information content (AvgIpc) is 2.35. The van der Waals surface area contributed by atoms with Gasteiger partial charge in [-0.25, -0.2) is 4.79 Å². The van der Waals surface area contributed by atoms with Crippen LogP contribution in [-0.2, 0) is 11.3 Å². The molecule has 1 amide bonds. The van der Waals surface area contributed by atoms with Gasteiger partial charge >= 0.3 is 5.97 Å². The van der Waals surface area contributed by atoms with Crippen molar-refractivity contribution in [2.24, 2.45) is 5.41 Å². The summed E-state index contributed by atoms with van der Waals surface area (Å²) in [7, 11) is 1.77. The van der Waals surface area contributed by atoms with Crippen molar-refractivity contribution >= 4 is 11.9 Å². The topological polar surface area (TPSA) is 57.6 Å². The van der Waals surface area contributed by atoms with Crippen molar-refractivity contribution in [2.45, 2.75) is 40.2 Å². The number of carboxylic acid groups (broad SMARTS) is 1. The number of hydrogen-bond donors (Lipinski definition) is 1. The largest absolute Gasteiger partial charge is 0.478 e. The van der Waals surface area contributed by atoms with Gasteiger partial charge in [-0.1, -0.05) is 32.9 Å². The minimum Gasteiger partial charge on any atom is -0.478 e. The fourth-order valence-corrected chi connectivity index (χ4v) is 1.79. The Balaban J connectivity index is 2.55. The van der Waals surface area contributed by atoms with Crippen LogP contribution in [0.25, 0.3) is 0 Å². The maximum atomic E-state index is 12.0. The lowest BCUT2D eigenvalue weighted by Gasteiger charge is -2.21. The van der Waals surface area contributed by atoms with Crippen molar-refractivity contribution in [1.82, 2.24) is 4.90 Å². The molecule has 0 aliphatic rings. The predicted molar refractivity (Wildman–Crippen MR) is 78.6 cm³/mol. The van der Waals surface area contributed by atoms with E-state index in [2.05, 4.69) is 20.8 Å². The Morgan fingerprint density at radius 1 is 1.15 bits per heavy atom. The second kappa shape index (κ2) is 6.55. The van der Waals surface area contributed by atoms with Crippen molar-refractivity contribution < 1.29 is 14.7 Å². The predicted octanol–water partition coefficient (Wildman–Crippen LogP) is 3.17. The van der Waals surface area contributed by atoms with Crippen LogP contribution in [0.1, 0.15) is 49.5 Å². The molecule has 0 heterocycles. The molecule has 0 bridgehead atoms. The number of aromatic carboxylic acids is 1. The molecule has 0 radical (unpaired) electrons. The minimum absolute atomic E-state index is 0.113. The molecule has 1 N–H and O–H groups in total. The number of amides is 1. The van der Waals surface area contributed by atoms with Crippen LogP contribution in [0, 0.1) is 5.41 Å². The first-order chi connectivity index (χ1) is 9.19. The minimum atomic E-state index is -0.939. The summed E-state index contributed by atoms with van der Waals surface area (Å²) in [6, 6.07) is 6.62. The molecule has 1 aromatic carbocycles. The standard InChI is InChI=1S/C16H23NO3/c1-16(2,3)10-9-14(18)17(4)11-12-5-7-13(8-6-12)15(19)20/h5-8H,9-11H2,1-4H3,(H,19,20). The van der Waals surface area contributed by atoms with Crippen LogP contribution in [0.3, 0.4) is 0 Å². The van der Waals surface area contributed by atoms with E-state index in [4.69, 9.17) is 5.11 Å². The van der Waals surface area contributed by atoms with Gasteiger partial charge in [0.1, 0.15) is 0 Å². The lowest BCUT2D eigenvalue weighted by atomic mass is 9.90. The Hall–Kier alpha value is -1.84. The Morgan fingerprint density at radius 2 is 1.70 bits per heavy atom. The van der Waals surface area contributed by atoms with Crippen LogP contribution < -0.4 is 0 Å². The zero-order valence-corrected chi connectivity index (χ0v) is 12.6. The lowest BCUT2D eigenvalue weighted by Crippen LogP contribution is -2.27. The van der Waals surface area contributed by atoms with Crippen molar-refractivity contribution in [3.63, 3.8) is 0 Å². The van der Waals surface area contributed by atoms with E-state index in [1.807, 2.05) is 0 Å². The Morgan fingerprint density at radius 3 is 2.15 bits per heavy atom. The van der Waals surface area contributed by atoms with E-state index in [1.54, 1.807) is 36.2 Å². The zero-order valence-electron chi connectivity index (χ0n) is 12.6. The van der Waals surface area contributed by atoms with Gasteiger partial charge in [-0.05, 0) is 29.5 Å². The summed E-state index contributed by atoms with van der Waals surface area (Å²) in [5.41, 5.74) is 1.34. The molecule has 20 heavy (non-hydrogen) atoms. The fraction of sp³-hybridized carbons (Fsp3) is 0.500. The molecule has 0 aliphatic carbocycles. The van der Waals surface area contributed by atoms with Crippen molar-refractivity contribution in [3.05, 3.63) is 35.4 Å². The van der Waals surface area contributed by atoms with Crippen LogP contribution in [0.15, 0.2) is 24.3 Å². The molecule has 0 saturated heterocycles. The molecule has 4 heteroatoms. The van der Waals surface area contributed by atoms with Gasteiger partial charge < -0.3 is 10.0 Å². The summed E-state index contributed by atoms with van der Waals surface area (Å²) in [5, 5.41) is 8.83. The molecular weight excluding hydrogens is 254 g/mol. The van der Waals surface area contributed by atoms with Crippen molar-refractivity contribution in [2.75, 3.05) is 7.05 Å². The van der Waals surface area contributed by atoms with Gasteiger partial charge in [0, 0.05) is 20.0 Å². The van der Waals surface area contributed by atoms with E-state index in [0.29, 0.717) is 13.0 Å². The summed E-state index contributed by atoms with van der Waals surface area (Å²) < 4.78 is 0. The third-order valence-corrected chi connectivity index (χ3v) is 3.14. The van der Waals surface area contributed by atoms with Gasteiger partial charge in [-0.15, -0.1) is 0 Å². The van der Waals surface area contributed by atoms with Gasteiger partial charge in [0.2, 0.25) is 5.91 Å². The van der Waals surface area contributed by atoms with Gasteiger partial charge in [0.25, 0.3) is 0 Å². The number of hydrogen-bond acceptors (Lipinski definition) is 2. The highest BCUT2D eigenvalue weighted by molar-refractivity contribution is 5.87. The molecule has 0 unspecified atom stereocenters. The molecule has 0 aromatic heterocycles. The number of carboxylic acids is 1. The molecule has 1 aromatic rings. The van der Waals surface area contributed by atoms with E-state index in [0.717, 1.165) is 12.0 Å².